The molecule has 3 rings (SSSR count). The van der Waals surface area contributed by atoms with Crippen LogP contribution in [0.15, 0.2) is 28.7 Å². The van der Waals surface area contributed by atoms with Crippen molar-refractivity contribution in [2.24, 2.45) is 0 Å². The number of hydrogen-bond acceptors (Lipinski definition) is 3. The van der Waals surface area contributed by atoms with E-state index < -0.39 is 0 Å². The molecule has 20 heavy (non-hydrogen) atoms. The number of fused-ring (bicyclic) bond motifs is 1. The highest BCUT2D eigenvalue weighted by molar-refractivity contribution is 6.03. The standard InChI is InChI=1S/C17H18O3/c1-10-11(2)20-12(3)16(10)17(18)14-8-9-19-15-7-5-4-6-13(14)15/h4-7,14H,8-9H2,1-3H3. The van der Waals surface area contributed by atoms with Crippen LogP contribution in [0.2, 0.25) is 0 Å². The van der Waals surface area contributed by atoms with Gasteiger partial charge in [-0.1, -0.05) is 18.2 Å². The minimum atomic E-state index is -0.130. The van der Waals surface area contributed by atoms with Crippen molar-refractivity contribution in [3.05, 3.63) is 52.5 Å². The van der Waals surface area contributed by atoms with Gasteiger partial charge < -0.3 is 9.15 Å². The molecule has 2 aromatic rings. The SMILES string of the molecule is Cc1oc(C)c(C(=O)C2CCOc3ccccc32)c1C. The summed E-state index contributed by atoms with van der Waals surface area (Å²) in [4.78, 5) is 12.9. The van der Waals surface area contributed by atoms with Crippen molar-refractivity contribution in [3.8, 4) is 5.75 Å². The van der Waals surface area contributed by atoms with E-state index in [4.69, 9.17) is 9.15 Å². The van der Waals surface area contributed by atoms with Crippen LogP contribution in [0.4, 0.5) is 0 Å². The number of ketones is 1. The van der Waals surface area contributed by atoms with Gasteiger partial charge >= 0.3 is 0 Å². The Balaban J connectivity index is 2.04. The Morgan fingerprint density at radius 1 is 1.15 bits per heavy atom. The van der Waals surface area contributed by atoms with E-state index >= 15 is 0 Å². The smallest absolute Gasteiger partial charge is 0.174 e. The van der Waals surface area contributed by atoms with Crippen LogP contribution in [0.3, 0.4) is 0 Å². The molecule has 0 bridgehead atoms. The number of aryl methyl sites for hydroxylation is 2. The quantitative estimate of drug-likeness (QED) is 0.775. The van der Waals surface area contributed by atoms with Crippen molar-refractivity contribution in [3.63, 3.8) is 0 Å². The lowest BCUT2D eigenvalue weighted by atomic mass is 9.85. The van der Waals surface area contributed by atoms with Gasteiger partial charge in [-0.2, -0.15) is 0 Å². The van der Waals surface area contributed by atoms with Crippen molar-refractivity contribution in [1.29, 1.82) is 0 Å². The van der Waals surface area contributed by atoms with Crippen LogP contribution in [0, 0.1) is 20.8 Å². The van der Waals surface area contributed by atoms with Gasteiger partial charge in [0, 0.05) is 11.1 Å². The highest BCUT2D eigenvalue weighted by Gasteiger charge is 2.31. The van der Waals surface area contributed by atoms with Crippen LogP contribution in [0.5, 0.6) is 5.75 Å². The molecule has 1 aromatic carbocycles. The molecule has 0 amide bonds. The molecule has 0 aliphatic carbocycles. The van der Waals surface area contributed by atoms with Crippen LogP contribution >= 0.6 is 0 Å². The molecule has 1 atom stereocenters. The topological polar surface area (TPSA) is 39.4 Å². The zero-order chi connectivity index (χ0) is 14.3. The third kappa shape index (κ3) is 1.94. The number of furan rings is 1. The van der Waals surface area contributed by atoms with Crippen molar-refractivity contribution in [1.82, 2.24) is 0 Å². The molecule has 1 unspecified atom stereocenters. The van der Waals surface area contributed by atoms with Gasteiger partial charge in [-0.05, 0) is 33.3 Å². The van der Waals surface area contributed by atoms with Gasteiger partial charge in [0.2, 0.25) is 0 Å². The van der Waals surface area contributed by atoms with E-state index in [0.29, 0.717) is 12.4 Å². The minimum Gasteiger partial charge on any atom is -0.493 e. The number of hydrogen-bond donors (Lipinski definition) is 0. The zero-order valence-electron chi connectivity index (χ0n) is 12.0. The molecular weight excluding hydrogens is 252 g/mol. The Morgan fingerprint density at radius 3 is 2.60 bits per heavy atom. The van der Waals surface area contributed by atoms with E-state index in [1.54, 1.807) is 0 Å². The lowest BCUT2D eigenvalue weighted by Crippen LogP contribution is -2.22. The Kier molecular flexibility index (Phi) is 3.13. The van der Waals surface area contributed by atoms with E-state index in [2.05, 4.69) is 0 Å². The molecule has 0 radical (unpaired) electrons. The van der Waals surface area contributed by atoms with Crippen molar-refractivity contribution in [2.75, 3.05) is 6.61 Å². The number of carbonyl (C=O) groups is 1. The fourth-order valence-corrected chi connectivity index (χ4v) is 2.94. The van der Waals surface area contributed by atoms with Gasteiger partial charge in [-0.25, -0.2) is 0 Å². The maximum Gasteiger partial charge on any atom is 0.174 e. The summed E-state index contributed by atoms with van der Waals surface area (Å²) in [6.45, 7) is 6.29. The Bertz CT molecular complexity index is 667. The van der Waals surface area contributed by atoms with E-state index in [0.717, 1.165) is 34.6 Å². The Hall–Kier alpha value is -2.03. The fraction of sp³-hybridized carbons (Fsp3) is 0.353. The summed E-state index contributed by atoms with van der Waals surface area (Å²) in [6, 6.07) is 7.79. The number of benzene rings is 1. The van der Waals surface area contributed by atoms with Crippen molar-refractivity contribution < 1.29 is 13.9 Å². The molecule has 104 valence electrons. The Labute approximate surface area is 118 Å². The normalized spacial score (nSPS) is 17.4. The second-order valence-corrected chi connectivity index (χ2v) is 5.31. The molecule has 0 saturated heterocycles. The van der Waals surface area contributed by atoms with E-state index in [-0.39, 0.29) is 11.7 Å². The number of Topliss-reactive ketones (excluding diaryl/α,β-unsaturated/α-hetero) is 1. The molecule has 0 fully saturated rings. The molecule has 1 aliphatic rings. The van der Waals surface area contributed by atoms with E-state index in [1.165, 1.54) is 0 Å². The van der Waals surface area contributed by atoms with E-state index in [1.807, 2.05) is 45.0 Å². The predicted octanol–water partition coefficient (Wildman–Crippen LogP) is 3.95. The van der Waals surface area contributed by atoms with Crippen LogP contribution < -0.4 is 4.74 Å². The largest absolute Gasteiger partial charge is 0.493 e. The monoisotopic (exact) mass is 270 g/mol. The molecule has 1 aromatic heterocycles. The maximum absolute atomic E-state index is 12.9. The molecule has 3 nitrogen and oxygen atoms in total. The highest BCUT2D eigenvalue weighted by Crippen LogP contribution is 2.37. The first kappa shape index (κ1) is 13.0. The molecular formula is C17H18O3. The summed E-state index contributed by atoms with van der Waals surface area (Å²) in [5.74, 6) is 2.38. The van der Waals surface area contributed by atoms with Crippen LogP contribution in [0.1, 0.15) is 45.3 Å². The van der Waals surface area contributed by atoms with Crippen molar-refractivity contribution >= 4 is 5.78 Å². The zero-order valence-corrected chi connectivity index (χ0v) is 12.0. The third-order valence-electron chi connectivity index (χ3n) is 4.08. The lowest BCUT2D eigenvalue weighted by Gasteiger charge is -2.24. The van der Waals surface area contributed by atoms with Gasteiger partial charge in [0.25, 0.3) is 0 Å². The van der Waals surface area contributed by atoms with E-state index in [9.17, 15) is 4.79 Å². The van der Waals surface area contributed by atoms with Crippen LogP contribution in [-0.2, 0) is 0 Å². The van der Waals surface area contributed by atoms with Crippen LogP contribution in [-0.4, -0.2) is 12.4 Å². The van der Waals surface area contributed by atoms with Crippen molar-refractivity contribution in [2.45, 2.75) is 33.1 Å². The molecule has 3 heteroatoms. The summed E-state index contributed by atoms with van der Waals surface area (Å²) in [5.41, 5.74) is 2.68. The molecule has 2 heterocycles. The summed E-state index contributed by atoms with van der Waals surface area (Å²) in [7, 11) is 0. The number of rotatable bonds is 2. The number of ether oxygens (including phenoxy) is 1. The molecule has 1 aliphatic heterocycles. The summed E-state index contributed by atoms with van der Waals surface area (Å²) in [6.07, 6.45) is 0.721. The van der Waals surface area contributed by atoms with Gasteiger partial charge in [-0.3, -0.25) is 4.79 Å². The second-order valence-electron chi connectivity index (χ2n) is 5.31. The predicted molar refractivity (Wildman–Crippen MR) is 76.5 cm³/mol. The molecule has 0 spiro atoms. The average molecular weight is 270 g/mol. The summed E-state index contributed by atoms with van der Waals surface area (Å²) in [5, 5.41) is 0. The average Bonchev–Trinajstić information content (AvgIpc) is 2.71. The minimum absolute atomic E-state index is 0.130. The fourth-order valence-electron chi connectivity index (χ4n) is 2.94. The highest BCUT2D eigenvalue weighted by atomic mass is 16.5. The first-order valence-electron chi connectivity index (χ1n) is 6.92. The first-order chi connectivity index (χ1) is 9.59. The molecule has 0 saturated carbocycles. The van der Waals surface area contributed by atoms with Gasteiger partial charge in [-0.15, -0.1) is 0 Å². The first-order valence-corrected chi connectivity index (χ1v) is 6.92. The Morgan fingerprint density at radius 2 is 1.90 bits per heavy atom. The summed E-state index contributed by atoms with van der Waals surface area (Å²) >= 11 is 0. The van der Waals surface area contributed by atoms with Gasteiger partial charge in [0.15, 0.2) is 5.78 Å². The maximum atomic E-state index is 12.9. The molecule has 0 N–H and O–H groups in total. The second kappa shape index (κ2) is 4.82. The van der Waals surface area contributed by atoms with Gasteiger partial charge in [0.05, 0.1) is 18.1 Å². The summed E-state index contributed by atoms with van der Waals surface area (Å²) < 4.78 is 11.2. The lowest BCUT2D eigenvalue weighted by molar-refractivity contribution is 0.0931. The number of para-hydroxylation sites is 1. The third-order valence-corrected chi connectivity index (χ3v) is 4.08. The number of carbonyl (C=O) groups excluding carboxylic acids is 1. The van der Waals surface area contributed by atoms with Gasteiger partial charge in [0.1, 0.15) is 17.3 Å². The van der Waals surface area contributed by atoms with Crippen LogP contribution in [0.25, 0.3) is 0 Å².